The van der Waals surface area contributed by atoms with Crippen LogP contribution in [0.3, 0.4) is 0 Å². The summed E-state index contributed by atoms with van der Waals surface area (Å²) in [6.45, 7) is 1.80. The van der Waals surface area contributed by atoms with Crippen molar-refractivity contribution in [2.75, 3.05) is 19.7 Å². The zero-order chi connectivity index (χ0) is 20.9. The molecule has 7 heteroatoms. The molecule has 2 saturated carbocycles. The Kier molecular flexibility index (Phi) is 5.14. The number of fused-ring (bicyclic) bond motifs is 6. The molecule has 1 aromatic heterocycles. The number of piperidine rings is 1. The smallest absolute Gasteiger partial charge is 0.305 e. The molecule has 5 atom stereocenters. The molecule has 1 saturated heterocycles. The predicted molar refractivity (Wildman–Crippen MR) is 123 cm³/mol. The Morgan fingerprint density at radius 1 is 1.16 bits per heavy atom. The van der Waals surface area contributed by atoms with Crippen molar-refractivity contribution in [2.45, 2.75) is 54.7 Å². The van der Waals surface area contributed by atoms with E-state index in [0.29, 0.717) is 11.2 Å². The van der Waals surface area contributed by atoms with Crippen LogP contribution in [0.4, 0.5) is 0 Å². The molecule has 2 aliphatic heterocycles. The summed E-state index contributed by atoms with van der Waals surface area (Å²) < 4.78 is 5.96. The number of nitrogens with one attached hydrogen (secondary N) is 1. The highest BCUT2D eigenvalue weighted by atomic mass is 32.2. The molecule has 6 rings (SSSR count). The Hall–Kier alpha value is -1.73. The van der Waals surface area contributed by atoms with Gasteiger partial charge in [0.05, 0.1) is 5.03 Å². The van der Waals surface area contributed by atoms with Crippen molar-refractivity contribution in [2.24, 2.45) is 17.8 Å². The van der Waals surface area contributed by atoms with Crippen LogP contribution in [0.25, 0.3) is 0 Å². The molecule has 3 fully saturated rings. The summed E-state index contributed by atoms with van der Waals surface area (Å²) in [6.07, 6.45) is 7.37. The highest BCUT2D eigenvalue weighted by Crippen LogP contribution is 2.63. The van der Waals surface area contributed by atoms with Gasteiger partial charge in [0, 0.05) is 29.1 Å². The molecular formula is C24H28N2O3S2. The third-order valence-corrected chi connectivity index (χ3v) is 10.4. The van der Waals surface area contributed by atoms with Gasteiger partial charge in [-0.1, -0.05) is 23.5 Å². The fraction of sp³-hybridized carbons (Fsp3) is 0.583. The number of rotatable bonds is 4. The Morgan fingerprint density at radius 2 is 2.00 bits per heavy atom. The van der Waals surface area contributed by atoms with Crippen molar-refractivity contribution in [1.82, 2.24) is 9.88 Å². The third kappa shape index (κ3) is 3.54. The Labute approximate surface area is 190 Å². The van der Waals surface area contributed by atoms with Gasteiger partial charge in [-0.15, -0.1) is 11.8 Å². The van der Waals surface area contributed by atoms with E-state index in [1.165, 1.54) is 47.5 Å². The number of H-pyrrole nitrogens is 1. The number of aromatic nitrogens is 1. The van der Waals surface area contributed by atoms with Crippen LogP contribution in [-0.4, -0.2) is 40.7 Å². The summed E-state index contributed by atoms with van der Waals surface area (Å²) in [5.74, 6) is 3.21. The van der Waals surface area contributed by atoms with Gasteiger partial charge in [-0.2, -0.15) is 0 Å². The fourth-order valence-electron chi connectivity index (χ4n) is 6.40. The van der Waals surface area contributed by atoms with Crippen LogP contribution in [0.15, 0.2) is 34.1 Å². The van der Waals surface area contributed by atoms with Crippen molar-refractivity contribution >= 4 is 29.0 Å². The molecular weight excluding hydrogens is 428 g/mol. The maximum atomic E-state index is 12.5. The van der Waals surface area contributed by atoms with Gasteiger partial charge in [-0.25, -0.2) is 0 Å². The van der Waals surface area contributed by atoms with E-state index in [1.54, 1.807) is 0 Å². The van der Waals surface area contributed by atoms with Gasteiger partial charge in [-0.05, 0) is 74.0 Å². The number of likely N-dealkylation sites (tertiary alicyclic amines) is 1. The first-order valence-electron chi connectivity index (χ1n) is 11.6. The second-order valence-electron chi connectivity index (χ2n) is 9.48. The summed E-state index contributed by atoms with van der Waals surface area (Å²) in [5.41, 5.74) is 1.22. The first kappa shape index (κ1) is 19.9. The number of aromatic amines is 1. The number of hydrogen-bond donors (Lipinski definition) is 1. The molecule has 4 unspecified atom stereocenters. The van der Waals surface area contributed by atoms with E-state index in [0.717, 1.165) is 48.5 Å². The minimum absolute atomic E-state index is 0.0503. The number of thiazole rings is 1. The first-order chi connectivity index (χ1) is 15.2. The highest BCUT2D eigenvalue weighted by Gasteiger charge is 2.54. The van der Waals surface area contributed by atoms with Crippen LogP contribution >= 0.6 is 23.1 Å². The number of nitrogens with zero attached hydrogens (tertiary/aromatic N) is 1. The second-order valence-corrected chi connectivity index (χ2v) is 11.7. The number of amides is 1. The number of carbonyl (C=O) groups is 1. The number of ether oxygens (including phenoxy) is 1. The molecule has 0 spiro atoms. The molecule has 31 heavy (non-hydrogen) atoms. The topological polar surface area (TPSA) is 62.4 Å². The van der Waals surface area contributed by atoms with Gasteiger partial charge in [0.15, 0.2) is 6.61 Å². The van der Waals surface area contributed by atoms with Crippen molar-refractivity contribution < 1.29 is 9.53 Å². The summed E-state index contributed by atoms with van der Waals surface area (Å²) >= 11 is 3.30. The Balaban J connectivity index is 1.26. The van der Waals surface area contributed by atoms with Crippen LogP contribution in [0.1, 0.15) is 54.9 Å². The molecule has 4 aliphatic rings. The van der Waals surface area contributed by atoms with Crippen LogP contribution in [-0.2, 0) is 4.79 Å². The van der Waals surface area contributed by atoms with Gasteiger partial charge in [0.25, 0.3) is 5.91 Å². The van der Waals surface area contributed by atoms with E-state index in [-0.39, 0.29) is 23.3 Å². The first-order valence-corrected chi connectivity index (χ1v) is 13.3. The van der Waals surface area contributed by atoms with Crippen LogP contribution in [0, 0.1) is 17.8 Å². The lowest BCUT2D eigenvalue weighted by atomic mass is 9.75. The average molecular weight is 457 g/mol. The third-order valence-electron chi connectivity index (χ3n) is 7.75. The van der Waals surface area contributed by atoms with E-state index in [1.807, 2.05) is 28.8 Å². The lowest BCUT2D eigenvalue weighted by Crippen LogP contribution is -2.38. The summed E-state index contributed by atoms with van der Waals surface area (Å²) in [4.78, 5) is 31.0. The van der Waals surface area contributed by atoms with Gasteiger partial charge < -0.3 is 14.6 Å². The van der Waals surface area contributed by atoms with Crippen molar-refractivity contribution in [3.05, 3.63) is 44.4 Å². The van der Waals surface area contributed by atoms with Crippen LogP contribution in [0.5, 0.6) is 5.75 Å². The quantitative estimate of drug-likeness (QED) is 0.737. The van der Waals surface area contributed by atoms with Crippen molar-refractivity contribution in [1.29, 1.82) is 0 Å². The zero-order valence-electron chi connectivity index (χ0n) is 17.5. The normalized spacial score (nSPS) is 31.4. The van der Waals surface area contributed by atoms with Gasteiger partial charge in [0.2, 0.25) is 0 Å². The minimum atomic E-state index is 0.0503. The largest absolute Gasteiger partial charge is 0.484 e. The van der Waals surface area contributed by atoms with Crippen LogP contribution < -0.4 is 9.61 Å². The van der Waals surface area contributed by atoms with Crippen molar-refractivity contribution in [3.8, 4) is 5.75 Å². The number of hydrogen-bond acceptors (Lipinski definition) is 5. The number of thioether (sulfide) groups is 1. The van der Waals surface area contributed by atoms with Crippen molar-refractivity contribution in [3.63, 3.8) is 0 Å². The van der Waals surface area contributed by atoms with E-state index in [2.05, 4.69) is 17.1 Å². The van der Waals surface area contributed by atoms with E-state index in [9.17, 15) is 9.59 Å². The standard InChI is InChI=1S/C24H28N2O3S2/c27-18(26-9-2-1-3-10-26)13-29-17-6-4-5-14(12-17)20-19-15-7-8-16(11-15)21(19)30-23-22(20)31-24(28)25-23/h4-6,12,15-16,19-21H,1-3,7-11,13H2,(H,25,28)/t15?,16?,19?,20-,21?/m1/s1. The molecule has 1 aromatic carbocycles. The van der Waals surface area contributed by atoms with E-state index in [4.69, 9.17) is 4.74 Å². The molecule has 2 aliphatic carbocycles. The Bertz CT molecular complexity index is 1040. The summed E-state index contributed by atoms with van der Waals surface area (Å²) in [7, 11) is 0. The summed E-state index contributed by atoms with van der Waals surface area (Å²) in [6, 6.07) is 8.27. The monoisotopic (exact) mass is 456 g/mol. The molecule has 164 valence electrons. The number of benzene rings is 1. The molecule has 5 nitrogen and oxygen atoms in total. The summed E-state index contributed by atoms with van der Waals surface area (Å²) in [5, 5.41) is 1.69. The van der Waals surface area contributed by atoms with E-state index >= 15 is 0 Å². The maximum absolute atomic E-state index is 12.5. The Morgan fingerprint density at radius 3 is 2.87 bits per heavy atom. The molecule has 1 amide bonds. The molecule has 2 aromatic rings. The lowest BCUT2D eigenvalue weighted by Gasteiger charge is -2.40. The fourth-order valence-corrected chi connectivity index (χ4v) is 9.29. The van der Waals surface area contributed by atoms with Gasteiger partial charge in [0.1, 0.15) is 5.75 Å². The highest BCUT2D eigenvalue weighted by molar-refractivity contribution is 8.00. The molecule has 3 heterocycles. The average Bonchev–Trinajstić information content (AvgIpc) is 3.51. The number of carbonyl (C=O) groups excluding carboxylic acids is 1. The van der Waals surface area contributed by atoms with E-state index < -0.39 is 0 Å². The maximum Gasteiger partial charge on any atom is 0.305 e. The zero-order valence-corrected chi connectivity index (χ0v) is 19.2. The second kappa shape index (κ2) is 8.00. The molecule has 2 bridgehead atoms. The SMILES string of the molecule is O=C(COc1cccc([C@H]2c3sc(=O)[nH]c3SC3C4CCC(C4)C32)c1)N1CCCCC1. The van der Waals surface area contributed by atoms with Crippen LogP contribution in [0.2, 0.25) is 0 Å². The van der Waals surface area contributed by atoms with Gasteiger partial charge >= 0.3 is 4.87 Å². The molecule has 1 N–H and O–H groups in total. The predicted octanol–water partition coefficient (Wildman–Crippen LogP) is 4.48. The molecule has 0 radical (unpaired) electrons. The minimum Gasteiger partial charge on any atom is -0.484 e. The lowest BCUT2D eigenvalue weighted by molar-refractivity contribution is -0.134. The van der Waals surface area contributed by atoms with Gasteiger partial charge in [-0.3, -0.25) is 9.59 Å².